The van der Waals surface area contributed by atoms with E-state index in [2.05, 4.69) is 10.0 Å². The summed E-state index contributed by atoms with van der Waals surface area (Å²) in [6.45, 7) is 2.24. The van der Waals surface area contributed by atoms with E-state index in [-0.39, 0.29) is 17.2 Å². The Labute approximate surface area is 125 Å². The Hall–Kier alpha value is -1.12. The molecular formula is C13H20N2O4S2. The van der Waals surface area contributed by atoms with Gasteiger partial charge in [0.05, 0.1) is 16.7 Å². The maximum Gasteiger partial charge on any atom is 0.242 e. The molecule has 1 aliphatic heterocycles. The lowest BCUT2D eigenvalue weighted by atomic mass is 10.2. The second-order valence-electron chi connectivity index (χ2n) is 5.01. The third-order valence-corrected chi connectivity index (χ3v) is 7.37. The smallest absolute Gasteiger partial charge is 0.242 e. The van der Waals surface area contributed by atoms with Crippen molar-refractivity contribution < 1.29 is 16.8 Å². The molecule has 6 nitrogen and oxygen atoms in total. The zero-order chi connectivity index (χ0) is 15.5. The Kier molecular flexibility index (Phi) is 4.90. The fourth-order valence-corrected chi connectivity index (χ4v) is 5.41. The first kappa shape index (κ1) is 16.3. The highest BCUT2D eigenvalue weighted by Crippen LogP contribution is 2.24. The van der Waals surface area contributed by atoms with Crippen molar-refractivity contribution in [3.63, 3.8) is 0 Å². The van der Waals surface area contributed by atoms with Crippen LogP contribution in [0.2, 0.25) is 0 Å². The summed E-state index contributed by atoms with van der Waals surface area (Å²) < 4.78 is 50.2. The minimum atomic E-state index is -3.58. The van der Waals surface area contributed by atoms with Gasteiger partial charge in [0.2, 0.25) is 10.0 Å². The zero-order valence-corrected chi connectivity index (χ0v) is 13.5. The van der Waals surface area contributed by atoms with Crippen LogP contribution in [0.4, 0.5) is 5.69 Å². The summed E-state index contributed by atoms with van der Waals surface area (Å²) >= 11 is 0. The number of hydrogen-bond acceptors (Lipinski definition) is 5. The molecule has 21 heavy (non-hydrogen) atoms. The zero-order valence-electron chi connectivity index (χ0n) is 11.9. The topological polar surface area (TPSA) is 92.3 Å². The van der Waals surface area contributed by atoms with Crippen molar-refractivity contribution in [2.45, 2.75) is 29.9 Å². The third kappa shape index (κ3) is 3.75. The van der Waals surface area contributed by atoms with Crippen LogP contribution in [-0.2, 0) is 19.9 Å². The van der Waals surface area contributed by atoms with Gasteiger partial charge in [0.25, 0.3) is 0 Å². The van der Waals surface area contributed by atoms with Crippen molar-refractivity contribution in [3.05, 3.63) is 24.3 Å². The molecule has 0 aromatic heterocycles. The molecule has 0 radical (unpaired) electrons. The quantitative estimate of drug-likeness (QED) is 0.810. The standard InChI is InChI=1S/C13H20N2O4S2/c1-2-15-21(18,19)13-8-4-3-7-12(13)14-10-11-6-5-9-20(11,16)17/h3-4,7-8,11,14-15H,2,5-6,9-10H2,1H3. The molecule has 1 unspecified atom stereocenters. The summed E-state index contributed by atoms with van der Waals surface area (Å²) in [6, 6.07) is 6.51. The minimum absolute atomic E-state index is 0.141. The Morgan fingerprint density at radius 2 is 2.00 bits per heavy atom. The molecule has 0 amide bonds. The van der Waals surface area contributed by atoms with Crippen LogP contribution < -0.4 is 10.0 Å². The first-order valence-electron chi connectivity index (χ1n) is 6.91. The van der Waals surface area contributed by atoms with Crippen LogP contribution in [0.25, 0.3) is 0 Å². The highest BCUT2D eigenvalue weighted by atomic mass is 32.2. The number of hydrogen-bond donors (Lipinski definition) is 2. The average molecular weight is 332 g/mol. The molecule has 0 spiro atoms. The van der Waals surface area contributed by atoms with E-state index < -0.39 is 25.1 Å². The van der Waals surface area contributed by atoms with E-state index in [1.807, 2.05) is 0 Å². The van der Waals surface area contributed by atoms with Crippen LogP contribution in [0.1, 0.15) is 19.8 Å². The predicted molar refractivity (Wildman–Crippen MR) is 82.6 cm³/mol. The van der Waals surface area contributed by atoms with Gasteiger partial charge in [-0.05, 0) is 25.0 Å². The number of para-hydroxylation sites is 1. The summed E-state index contributed by atoms with van der Waals surface area (Å²) in [5.41, 5.74) is 0.431. The maximum absolute atomic E-state index is 12.1. The molecule has 1 fully saturated rings. The Balaban J connectivity index is 2.18. The largest absolute Gasteiger partial charge is 0.383 e. The summed E-state index contributed by atoms with van der Waals surface area (Å²) in [5, 5.41) is 2.54. The highest BCUT2D eigenvalue weighted by Gasteiger charge is 2.31. The lowest BCUT2D eigenvalue weighted by Gasteiger charge is -2.15. The van der Waals surface area contributed by atoms with Crippen molar-refractivity contribution in [2.75, 3.05) is 24.2 Å². The van der Waals surface area contributed by atoms with E-state index in [1.54, 1.807) is 25.1 Å². The molecule has 1 aromatic rings. The van der Waals surface area contributed by atoms with Gasteiger partial charge in [0, 0.05) is 13.1 Å². The third-order valence-electron chi connectivity index (χ3n) is 3.49. The van der Waals surface area contributed by atoms with Gasteiger partial charge in [-0.15, -0.1) is 0 Å². The Bertz CT molecular complexity index is 699. The van der Waals surface area contributed by atoms with Crippen LogP contribution in [0, 0.1) is 0 Å². The van der Waals surface area contributed by atoms with Gasteiger partial charge in [0.1, 0.15) is 4.90 Å². The van der Waals surface area contributed by atoms with E-state index in [1.165, 1.54) is 6.07 Å². The number of sulfone groups is 1. The lowest BCUT2D eigenvalue weighted by Crippen LogP contribution is -2.27. The molecule has 1 aromatic carbocycles. The fraction of sp³-hybridized carbons (Fsp3) is 0.538. The minimum Gasteiger partial charge on any atom is -0.383 e. The van der Waals surface area contributed by atoms with E-state index in [9.17, 15) is 16.8 Å². The molecule has 1 aliphatic rings. The first-order valence-corrected chi connectivity index (χ1v) is 10.1. The monoisotopic (exact) mass is 332 g/mol. The summed E-state index contributed by atoms with van der Waals surface area (Å²) in [5.74, 6) is 0.219. The predicted octanol–water partition coefficient (Wildman–Crippen LogP) is 0.974. The lowest BCUT2D eigenvalue weighted by molar-refractivity contribution is 0.584. The van der Waals surface area contributed by atoms with Gasteiger partial charge in [0.15, 0.2) is 9.84 Å². The Morgan fingerprint density at radius 3 is 2.62 bits per heavy atom. The van der Waals surface area contributed by atoms with E-state index in [0.717, 1.165) is 0 Å². The number of anilines is 1. The van der Waals surface area contributed by atoms with Crippen molar-refractivity contribution in [2.24, 2.45) is 0 Å². The van der Waals surface area contributed by atoms with E-state index >= 15 is 0 Å². The van der Waals surface area contributed by atoms with Gasteiger partial charge < -0.3 is 5.32 Å². The second kappa shape index (κ2) is 6.33. The molecule has 2 rings (SSSR count). The average Bonchev–Trinajstić information content (AvgIpc) is 2.75. The molecule has 0 saturated carbocycles. The van der Waals surface area contributed by atoms with Gasteiger partial charge >= 0.3 is 0 Å². The number of benzene rings is 1. The van der Waals surface area contributed by atoms with Crippen molar-refractivity contribution >= 4 is 25.5 Å². The molecular weight excluding hydrogens is 312 g/mol. The van der Waals surface area contributed by atoms with Crippen molar-refractivity contribution in [3.8, 4) is 0 Å². The molecule has 1 heterocycles. The molecule has 8 heteroatoms. The molecule has 1 atom stereocenters. The molecule has 118 valence electrons. The van der Waals surface area contributed by atoms with E-state index in [0.29, 0.717) is 25.1 Å². The van der Waals surface area contributed by atoms with E-state index in [4.69, 9.17) is 0 Å². The van der Waals surface area contributed by atoms with Gasteiger partial charge in [-0.3, -0.25) is 0 Å². The second-order valence-corrected chi connectivity index (χ2v) is 9.15. The van der Waals surface area contributed by atoms with Gasteiger partial charge in [-0.25, -0.2) is 21.6 Å². The first-order chi connectivity index (χ1) is 9.87. The molecule has 1 saturated heterocycles. The van der Waals surface area contributed by atoms with Crippen LogP contribution in [0.3, 0.4) is 0 Å². The van der Waals surface area contributed by atoms with Gasteiger partial charge in [-0.1, -0.05) is 19.1 Å². The van der Waals surface area contributed by atoms with Gasteiger partial charge in [-0.2, -0.15) is 0 Å². The Morgan fingerprint density at radius 1 is 1.29 bits per heavy atom. The molecule has 0 bridgehead atoms. The van der Waals surface area contributed by atoms with Crippen molar-refractivity contribution in [1.29, 1.82) is 0 Å². The number of sulfonamides is 1. The fourth-order valence-electron chi connectivity index (χ4n) is 2.43. The van der Waals surface area contributed by atoms with Crippen molar-refractivity contribution in [1.82, 2.24) is 4.72 Å². The maximum atomic E-state index is 12.1. The van der Waals surface area contributed by atoms with Crippen LogP contribution >= 0.6 is 0 Å². The number of nitrogens with one attached hydrogen (secondary N) is 2. The normalized spacial score (nSPS) is 21.3. The molecule has 2 N–H and O–H groups in total. The highest BCUT2D eigenvalue weighted by molar-refractivity contribution is 7.92. The van der Waals surface area contributed by atoms with Crippen LogP contribution in [0.15, 0.2) is 29.2 Å². The SMILES string of the molecule is CCNS(=O)(=O)c1ccccc1NCC1CCCS1(=O)=O. The summed E-state index contributed by atoms with van der Waals surface area (Å²) in [4.78, 5) is 0.141. The number of rotatable bonds is 6. The molecule has 0 aliphatic carbocycles. The summed E-state index contributed by atoms with van der Waals surface area (Å²) in [6.07, 6.45) is 1.30. The van der Waals surface area contributed by atoms with Crippen LogP contribution in [0.5, 0.6) is 0 Å². The van der Waals surface area contributed by atoms with Crippen LogP contribution in [-0.4, -0.2) is 40.9 Å². The summed E-state index contributed by atoms with van der Waals surface area (Å²) in [7, 11) is -6.62.